The number of anilines is 1. The molecule has 0 amide bonds. The lowest BCUT2D eigenvalue weighted by molar-refractivity contribution is 0.515. The van der Waals surface area contributed by atoms with Crippen LogP contribution in [0.5, 0.6) is 0 Å². The molecule has 1 rings (SSSR count). The molecule has 0 aliphatic heterocycles. The molecule has 0 heterocycles. The summed E-state index contributed by atoms with van der Waals surface area (Å²) >= 11 is 5.18. The third kappa shape index (κ3) is 6.38. The highest BCUT2D eigenvalue weighted by atomic mass is 32.2. The van der Waals surface area contributed by atoms with Crippen LogP contribution >= 0.6 is 12.2 Å². The van der Waals surface area contributed by atoms with E-state index in [9.17, 15) is 8.42 Å². The monoisotopic (exact) mass is 330 g/mol. The van der Waals surface area contributed by atoms with E-state index in [4.69, 9.17) is 18.0 Å². The van der Waals surface area contributed by atoms with E-state index < -0.39 is 10.0 Å². The summed E-state index contributed by atoms with van der Waals surface area (Å²) in [6, 6.07) is 6.35. The highest BCUT2D eigenvalue weighted by Gasteiger charge is 2.14. The van der Waals surface area contributed by atoms with Gasteiger partial charge in [0.05, 0.1) is 4.90 Å². The molecule has 1 aromatic rings. The van der Waals surface area contributed by atoms with Gasteiger partial charge in [0, 0.05) is 24.3 Å². The van der Waals surface area contributed by atoms with Crippen LogP contribution in [-0.4, -0.2) is 32.2 Å². The number of benzene rings is 1. The van der Waals surface area contributed by atoms with E-state index in [0.717, 1.165) is 5.69 Å². The van der Waals surface area contributed by atoms with Gasteiger partial charge in [0.15, 0.2) is 5.11 Å². The first-order valence-corrected chi connectivity index (χ1v) is 8.42. The van der Waals surface area contributed by atoms with Gasteiger partial charge in [-0.05, 0) is 57.3 Å². The molecule has 0 aliphatic carbocycles. The molecule has 0 bridgehead atoms. The number of nitrogens with two attached hydrogens (primary N) is 1. The smallest absolute Gasteiger partial charge is 0.240 e. The Morgan fingerprint density at radius 2 is 1.81 bits per heavy atom. The molecule has 0 unspecified atom stereocenters. The second-order valence-corrected chi connectivity index (χ2v) is 7.72. The summed E-state index contributed by atoms with van der Waals surface area (Å²) in [7, 11) is -3.50. The Kier molecular flexibility index (Phi) is 6.09. The van der Waals surface area contributed by atoms with Gasteiger partial charge in [-0.1, -0.05) is 0 Å². The third-order valence-electron chi connectivity index (χ3n) is 2.35. The van der Waals surface area contributed by atoms with E-state index in [1.807, 2.05) is 20.8 Å². The zero-order chi connectivity index (χ0) is 16.1. The lowest BCUT2D eigenvalue weighted by atomic mass is 10.1. The number of sulfonamides is 1. The number of rotatable bonds is 5. The SMILES string of the molecule is CC(C)(C)NC(=S)Nc1ccc(S(=O)(=O)NCCN)cc1. The molecular weight excluding hydrogens is 308 g/mol. The second kappa shape index (κ2) is 7.17. The molecule has 0 fully saturated rings. The molecule has 21 heavy (non-hydrogen) atoms. The number of hydrogen-bond acceptors (Lipinski definition) is 4. The minimum atomic E-state index is -3.50. The van der Waals surface area contributed by atoms with Gasteiger partial charge in [-0.25, -0.2) is 13.1 Å². The fourth-order valence-electron chi connectivity index (χ4n) is 1.50. The Balaban J connectivity index is 2.73. The molecule has 6 nitrogen and oxygen atoms in total. The Bertz CT molecular complexity index is 577. The average Bonchev–Trinajstić information content (AvgIpc) is 2.34. The fourth-order valence-corrected chi connectivity index (χ4v) is 2.97. The van der Waals surface area contributed by atoms with E-state index in [2.05, 4.69) is 15.4 Å². The van der Waals surface area contributed by atoms with Gasteiger partial charge in [-0.3, -0.25) is 0 Å². The number of nitrogens with one attached hydrogen (secondary N) is 3. The molecule has 0 aromatic heterocycles. The van der Waals surface area contributed by atoms with Crippen LogP contribution in [0.25, 0.3) is 0 Å². The quantitative estimate of drug-likeness (QED) is 0.602. The standard InChI is InChI=1S/C13H22N4O2S2/c1-13(2,3)17-12(20)16-10-4-6-11(7-5-10)21(18,19)15-9-8-14/h4-7,15H,8-9,14H2,1-3H3,(H2,16,17,20). The summed E-state index contributed by atoms with van der Waals surface area (Å²) in [5.41, 5.74) is 5.86. The van der Waals surface area contributed by atoms with Crippen molar-refractivity contribution in [1.82, 2.24) is 10.0 Å². The topological polar surface area (TPSA) is 96.2 Å². The van der Waals surface area contributed by atoms with Gasteiger partial charge in [-0.15, -0.1) is 0 Å². The highest BCUT2D eigenvalue weighted by molar-refractivity contribution is 7.89. The molecule has 0 atom stereocenters. The first kappa shape index (κ1) is 17.8. The van der Waals surface area contributed by atoms with Gasteiger partial charge in [0.2, 0.25) is 10.0 Å². The summed E-state index contributed by atoms with van der Waals surface area (Å²) in [5.74, 6) is 0. The third-order valence-corrected chi connectivity index (χ3v) is 4.03. The lowest BCUT2D eigenvalue weighted by Gasteiger charge is -2.23. The number of thiocarbonyl (C=S) groups is 1. The summed E-state index contributed by atoms with van der Waals surface area (Å²) < 4.78 is 26.2. The minimum absolute atomic E-state index is 0.139. The van der Waals surface area contributed by atoms with Crippen molar-refractivity contribution >= 4 is 33.0 Å². The largest absolute Gasteiger partial charge is 0.358 e. The zero-order valence-electron chi connectivity index (χ0n) is 12.4. The van der Waals surface area contributed by atoms with Crippen LogP contribution in [0.3, 0.4) is 0 Å². The van der Waals surface area contributed by atoms with Gasteiger partial charge in [0.1, 0.15) is 0 Å². The Hall–Kier alpha value is -1.22. The van der Waals surface area contributed by atoms with Crippen LogP contribution in [0.2, 0.25) is 0 Å². The molecule has 0 spiro atoms. The van der Waals surface area contributed by atoms with Crippen molar-refractivity contribution in [3.8, 4) is 0 Å². The molecule has 118 valence electrons. The van der Waals surface area contributed by atoms with Crippen LogP contribution in [-0.2, 0) is 10.0 Å². The molecule has 0 saturated heterocycles. The van der Waals surface area contributed by atoms with E-state index in [-0.39, 0.29) is 23.5 Å². The Morgan fingerprint density at radius 1 is 1.24 bits per heavy atom. The molecule has 8 heteroatoms. The van der Waals surface area contributed by atoms with Crippen molar-refractivity contribution in [2.24, 2.45) is 5.73 Å². The summed E-state index contributed by atoms with van der Waals surface area (Å²) in [6.07, 6.45) is 0. The van der Waals surface area contributed by atoms with Gasteiger partial charge >= 0.3 is 0 Å². The van der Waals surface area contributed by atoms with E-state index in [1.165, 1.54) is 12.1 Å². The minimum Gasteiger partial charge on any atom is -0.358 e. The van der Waals surface area contributed by atoms with Crippen LogP contribution in [0.1, 0.15) is 20.8 Å². The summed E-state index contributed by atoms with van der Waals surface area (Å²) in [6.45, 7) is 6.47. The van der Waals surface area contributed by atoms with Gasteiger partial charge in [-0.2, -0.15) is 0 Å². The van der Waals surface area contributed by atoms with E-state index in [1.54, 1.807) is 12.1 Å². The summed E-state index contributed by atoms with van der Waals surface area (Å²) in [5, 5.41) is 6.61. The highest BCUT2D eigenvalue weighted by Crippen LogP contribution is 2.14. The van der Waals surface area contributed by atoms with Crippen molar-refractivity contribution in [3.63, 3.8) is 0 Å². The van der Waals surface area contributed by atoms with Crippen molar-refractivity contribution in [2.75, 3.05) is 18.4 Å². The van der Waals surface area contributed by atoms with Crippen LogP contribution in [0.4, 0.5) is 5.69 Å². The predicted octanol–water partition coefficient (Wildman–Crippen LogP) is 1.01. The molecule has 1 aromatic carbocycles. The van der Waals surface area contributed by atoms with Crippen molar-refractivity contribution in [3.05, 3.63) is 24.3 Å². The predicted molar refractivity (Wildman–Crippen MR) is 89.8 cm³/mol. The second-order valence-electron chi connectivity index (χ2n) is 5.54. The first-order chi connectivity index (χ1) is 9.64. The normalized spacial score (nSPS) is 12.0. The lowest BCUT2D eigenvalue weighted by Crippen LogP contribution is -2.42. The summed E-state index contributed by atoms with van der Waals surface area (Å²) in [4.78, 5) is 0.191. The fraction of sp³-hybridized carbons (Fsp3) is 0.462. The van der Waals surface area contributed by atoms with Crippen LogP contribution in [0, 0.1) is 0 Å². The van der Waals surface area contributed by atoms with Crippen LogP contribution < -0.4 is 21.1 Å². The van der Waals surface area contributed by atoms with Crippen molar-refractivity contribution in [1.29, 1.82) is 0 Å². The average molecular weight is 330 g/mol. The van der Waals surface area contributed by atoms with Crippen molar-refractivity contribution < 1.29 is 8.42 Å². The molecule has 0 aliphatic rings. The maximum atomic E-state index is 11.9. The van der Waals surface area contributed by atoms with Gasteiger partial charge in [0.25, 0.3) is 0 Å². The van der Waals surface area contributed by atoms with E-state index in [0.29, 0.717) is 5.11 Å². The molecule has 0 radical (unpaired) electrons. The molecular formula is C13H22N4O2S2. The maximum Gasteiger partial charge on any atom is 0.240 e. The van der Waals surface area contributed by atoms with Crippen LogP contribution in [0.15, 0.2) is 29.2 Å². The maximum absolute atomic E-state index is 11.9. The Morgan fingerprint density at radius 3 is 2.29 bits per heavy atom. The van der Waals surface area contributed by atoms with Gasteiger partial charge < -0.3 is 16.4 Å². The first-order valence-electron chi connectivity index (χ1n) is 6.53. The van der Waals surface area contributed by atoms with Crippen molar-refractivity contribution in [2.45, 2.75) is 31.2 Å². The van der Waals surface area contributed by atoms with E-state index >= 15 is 0 Å². The zero-order valence-corrected chi connectivity index (χ0v) is 14.1. The Labute approximate surface area is 131 Å². The molecule has 0 saturated carbocycles. The number of hydrogen-bond donors (Lipinski definition) is 4. The molecule has 5 N–H and O–H groups in total.